The molecular formula is C16H16ClF3N4. The van der Waals surface area contributed by atoms with Crippen molar-refractivity contribution in [2.24, 2.45) is 10.7 Å². The standard InChI is InChI=1S/C16H16ClF3N4/c17-9-14(21)22-11-6-2-4-8-13(11)24-12-7-3-1-5-10(12)15(23-24)16(18,19)20/h2,4,6,8H,1,3,5,7,9H2,(H2,21,22). The topological polar surface area (TPSA) is 56.2 Å². The van der Waals surface area contributed by atoms with E-state index in [0.717, 1.165) is 12.8 Å². The van der Waals surface area contributed by atoms with Crippen molar-refractivity contribution in [1.29, 1.82) is 0 Å². The van der Waals surface area contributed by atoms with Gasteiger partial charge in [0.15, 0.2) is 5.69 Å². The Morgan fingerprint density at radius 3 is 2.67 bits per heavy atom. The summed E-state index contributed by atoms with van der Waals surface area (Å²) in [6.07, 6.45) is -1.95. The molecule has 24 heavy (non-hydrogen) atoms. The van der Waals surface area contributed by atoms with E-state index >= 15 is 0 Å². The monoisotopic (exact) mass is 356 g/mol. The first-order valence-electron chi connectivity index (χ1n) is 7.58. The van der Waals surface area contributed by atoms with Crippen molar-refractivity contribution in [3.8, 4) is 5.69 Å². The zero-order valence-corrected chi connectivity index (χ0v) is 13.5. The molecule has 1 aromatic carbocycles. The molecule has 0 bridgehead atoms. The predicted octanol–water partition coefficient (Wildman–Crippen LogP) is 4.00. The Kier molecular flexibility index (Phi) is 4.54. The average molecular weight is 357 g/mol. The lowest BCUT2D eigenvalue weighted by Crippen LogP contribution is -2.13. The summed E-state index contributed by atoms with van der Waals surface area (Å²) in [5, 5.41) is 3.88. The Bertz CT molecular complexity index is 780. The molecule has 0 fully saturated rings. The normalized spacial score (nSPS) is 15.4. The van der Waals surface area contributed by atoms with Gasteiger partial charge in [0.25, 0.3) is 0 Å². The summed E-state index contributed by atoms with van der Waals surface area (Å²) in [5.74, 6) is 0.237. The predicted molar refractivity (Wildman–Crippen MR) is 87.2 cm³/mol. The summed E-state index contributed by atoms with van der Waals surface area (Å²) in [6, 6.07) is 6.83. The van der Waals surface area contributed by atoms with Gasteiger partial charge in [0, 0.05) is 11.3 Å². The minimum atomic E-state index is -4.47. The lowest BCUT2D eigenvalue weighted by Gasteiger charge is -2.15. The van der Waals surface area contributed by atoms with E-state index in [9.17, 15) is 13.2 Å². The minimum absolute atomic E-state index is 0.0410. The Morgan fingerprint density at radius 2 is 1.96 bits per heavy atom. The van der Waals surface area contributed by atoms with Crippen LogP contribution in [0.25, 0.3) is 5.69 Å². The van der Waals surface area contributed by atoms with E-state index in [4.69, 9.17) is 17.3 Å². The van der Waals surface area contributed by atoms with E-state index in [-0.39, 0.29) is 17.3 Å². The van der Waals surface area contributed by atoms with Crippen molar-refractivity contribution in [3.05, 3.63) is 41.2 Å². The quantitative estimate of drug-likeness (QED) is 0.513. The number of aliphatic imine (C=N–C) groups is 1. The summed E-state index contributed by atoms with van der Waals surface area (Å²) in [5.41, 5.74) is 6.67. The van der Waals surface area contributed by atoms with Crippen LogP contribution in [0.4, 0.5) is 18.9 Å². The van der Waals surface area contributed by atoms with Gasteiger partial charge in [0.05, 0.1) is 17.3 Å². The van der Waals surface area contributed by atoms with Crippen molar-refractivity contribution in [2.75, 3.05) is 5.88 Å². The van der Waals surface area contributed by atoms with Crippen LogP contribution in [0.5, 0.6) is 0 Å². The molecule has 0 amide bonds. The van der Waals surface area contributed by atoms with Gasteiger partial charge >= 0.3 is 6.18 Å². The van der Waals surface area contributed by atoms with E-state index in [1.54, 1.807) is 24.3 Å². The molecule has 2 aromatic rings. The number of hydrogen-bond acceptors (Lipinski definition) is 2. The summed E-state index contributed by atoms with van der Waals surface area (Å²) in [4.78, 5) is 4.19. The molecule has 2 N–H and O–H groups in total. The number of hydrogen-bond donors (Lipinski definition) is 1. The zero-order valence-electron chi connectivity index (χ0n) is 12.8. The number of halogens is 4. The summed E-state index contributed by atoms with van der Waals surface area (Å²) in [6.45, 7) is 0. The van der Waals surface area contributed by atoms with Crippen LogP contribution in [0.2, 0.25) is 0 Å². The van der Waals surface area contributed by atoms with Gasteiger partial charge in [-0.25, -0.2) is 9.67 Å². The van der Waals surface area contributed by atoms with E-state index in [0.29, 0.717) is 29.9 Å². The maximum Gasteiger partial charge on any atom is 0.435 e. The van der Waals surface area contributed by atoms with Gasteiger partial charge in [0.1, 0.15) is 5.84 Å². The van der Waals surface area contributed by atoms with Gasteiger partial charge in [-0.2, -0.15) is 18.3 Å². The molecule has 128 valence electrons. The molecule has 0 spiro atoms. The molecule has 0 atom stereocenters. The Labute approximate surface area is 142 Å². The first kappa shape index (κ1) is 16.8. The molecule has 0 unspecified atom stereocenters. The SMILES string of the molecule is NC(CCl)=Nc1ccccc1-n1nc(C(F)(F)F)c2c1CCCC2. The highest BCUT2D eigenvalue weighted by Gasteiger charge is 2.39. The van der Waals surface area contributed by atoms with Crippen LogP contribution in [-0.4, -0.2) is 21.5 Å². The van der Waals surface area contributed by atoms with Crippen LogP contribution in [0.3, 0.4) is 0 Å². The van der Waals surface area contributed by atoms with Gasteiger partial charge in [-0.15, -0.1) is 11.6 Å². The first-order chi connectivity index (χ1) is 11.4. The number of benzene rings is 1. The van der Waals surface area contributed by atoms with E-state index < -0.39 is 11.9 Å². The van der Waals surface area contributed by atoms with Crippen molar-refractivity contribution < 1.29 is 13.2 Å². The fraction of sp³-hybridized carbons (Fsp3) is 0.375. The van der Waals surface area contributed by atoms with Gasteiger partial charge in [-0.3, -0.25) is 0 Å². The fourth-order valence-corrected chi connectivity index (χ4v) is 3.01. The van der Waals surface area contributed by atoms with Crippen LogP contribution >= 0.6 is 11.6 Å². The summed E-state index contributed by atoms with van der Waals surface area (Å²) >= 11 is 5.65. The smallest absolute Gasteiger partial charge is 0.386 e. The molecule has 3 rings (SSSR count). The van der Waals surface area contributed by atoms with Gasteiger partial charge in [-0.1, -0.05) is 12.1 Å². The van der Waals surface area contributed by atoms with E-state index in [1.165, 1.54) is 4.68 Å². The van der Waals surface area contributed by atoms with Crippen molar-refractivity contribution in [2.45, 2.75) is 31.9 Å². The maximum atomic E-state index is 13.3. The second kappa shape index (κ2) is 6.47. The van der Waals surface area contributed by atoms with Gasteiger partial charge < -0.3 is 5.73 Å². The molecule has 0 saturated carbocycles. The van der Waals surface area contributed by atoms with Crippen molar-refractivity contribution in [1.82, 2.24) is 9.78 Å². The summed E-state index contributed by atoms with van der Waals surface area (Å²) < 4.78 is 41.3. The Balaban J connectivity index is 2.20. The molecule has 1 aromatic heterocycles. The molecular weight excluding hydrogens is 341 g/mol. The van der Waals surface area contributed by atoms with Crippen LogP contribution in [0.15, 0.2) is 29.3 Å². The molecule has 4 nitrogen and oxygen atoms in total. The maximum absolute atomic E-state index is 13.3. The second-order valence-electron chi connectivity index (χ2n) is 5.62. The number of fused-ring (bicyclic) bond motifs is 1. The minimum Gasteiger partial charge on any atom is -0.386 e. The molecule has 0 radical (unpaired) electrons. The highest BCUT2D eigenvalue weighted by atomic mass is 35.5. The Hall–Kier alpha value is -2.02. The zero-order chi connectivity index (χ0) is 17.3. The lowest BCUT2D eigenvalue weighted by molar-refractivity contribution is -0.142. The number of amidine groups is 1. The number of aromatic nitrogens is 2. The average Bonchev–Trinajstić information content (AvgIpc) is 2.95. The number of nitrogens with two attached hydrogens (primary N) is 1. The molecule has 1 aliphatic rings. The molecule has 0 aliphatic heterocycles. The van der Waals surface area contributed by atoms with Crippen LogP contribution in [-0.2, 0) is 19.0 Å². The largest absolute Gasteiger partial charge is 0.435 e. The second-order valence-corrected chi connectivity index (χ2v) is 5.88. The third-order valence-corrected chi connectivity index (χ3v) is 4.23. The number of para-hydroxylation sites is 2. The van der Waals surface area contributed by atoms with Gasteiger partial charge in [0.2, 0.25) is 0 Å². The first-order valence-corrected chi connectivity index (χ1v) is 8.11. The van der Waals surface area contributed by atoms with Crippen molar-refractivity contribution in [3.63, 3.8) is 0 Å². The Morgan fingerprint density at radius 1 is 1.25 bits per heavy atom. The van der Waals surface area contributed by atoms with Crippen LogP contribution in [0, 0.1) is 0 Å². The van der Waals surface area contributed by atoms with Crippen molar-refractivity contribution >= 4 is 23.1 Å². The fourth-order valence-electron chi connectivity index (χ4n) is 2.95. The third kappa shape index (κ3) is 3.13. The van der Waals surface area contributed by atoms with E-state index in [1.807, 2.05) is 0 Å². The molecule has 1 heterocycles. The number of nitrogens with zero attached hydrogens (tertiary/aromatic N) is 3. The summed E-state index contributed by atoms with van der Waals surface area (Å²) in [7, 11) is 0. The molecule has 8 heteroatoms. The number of rotatable bonds is 3. The molecule has 1 aliphatic carbocycles. The van der Waals surface area contributed by atoms with Gasteiger partial charge in [-0.05, 0) is 37.8 Å². The third-order valence-electron chi connectivity index (χ3n) is 3.96. The van der Waals surface area contributed by atoms with Crippen LogP contribution < -0.4 is 5.73 Å². The molecule has 0 saturated heterocycles. The highest BCUT2D eigenvalue weighted by molar-refractivity contribution is 6.28. The highest BCUT2D eigenvalue weighted by Crippen LogP contribution is 2.38. The van der Waals surface area contributed by atoms with E-state index in [2.05, 4.69) is 10.1 Å². The number of alkyl halides is 4. The lowest BCUT2D eigenvalue weighted by atomic mass is 9.95. The van der Waals surface area contributed by atoms with Crippen LogP contribution in [0.1, 0.15) is 29.8 Å².